The van der Waals surface area contributed by atoms with Crippen molar-refractivity contribution in [1.29, 1.82) is 5.26 Å². The summed E-state index contributed by atoms with van der Waals surface area (Å²) in [6.45, 7) is 7.90. The summed E-state index contributed by atoms with van der Waals surface area (Å²) in [5.74, 6) is 0. The van der Waals surface area contributed by atoms with Gasteiger partial charge in [0.25, 0.3) is 0 Å². The number of benzene rings is 8. The Hall–Kier alpha value is -6.94. The summed E-state index contributed by atoms with van der Waals surface area (Å²) in [6.07, 6.45) is 0.638. The van der Waals surface area contributed by atoms with E-state index in [4.69, 9.17) is 6.57 Å². The van der Waals surface area contributed by atoms with Crippen molar-refractivity contribution in [3.8, 4) is 34.0 Å². The molecule has 0 aliphatic rings. The highest BCUT2D eigenvalue weighted by molar-refractivity contribution is 6.15. The van der Waals surface area contributed by atoms with Crippen molar-refractivity contribution in [2.45, 2.75) is 6.42 Å². The van der Waals surface area contributed by atoms with Crippen molar-refractivity contribution in [1.82, 2.24) is 4.57 Å². The minimum Gasteiger partial charge on any atom is -0.308 e. The SMILES string of the molecule is [C-]#[N+]c1ccc(-c2ccc(C#N)c(-n3c4ccccc4c4ccccc43)c2)c(Cc2c3ccccc3c(-c3ccccc3)c3ccccc23)c1. The van der Waals surface area contributed by atoms with Crippen molar-refractivity contribution in [3.05, 3.63) is 192 Å². The zero-order valence-electron chi connectivity index (χ0n) is 27.1. The van der Waals surface area contributed by atoms with Gasteiger partial charge in [0.2, 0.25) is 0 Å². The van der Waals surface area contributed by atoms with Gasteiger partial charge in [-0.05, 0) is 85.6 Å². The number of hydrogen-bond donors (Lipinski definition) is 0. The average molecular weight is 636 g/mol. The maximum Gasteiger partial charge on any atom is 0.187 e. The van der Waals surface area contributed by atoms with Crippen LogP contribution in [0, 0.1) is 17.9 Å². The lowest BCUT2D eigenvalue weighted by Gasteiger charge is -2.19. The fourth-order valence-electron chi connectivity index (χ4n) is 7.75. The van der Waals surface area contributed by atoms with Crippen molar-refractivity contribution in [3.63, 3.8) is 0 Å². The maximum absolute atomic E-state index is 10.3. The topological polar surface area (TPSA) is 33.1 Å². The van der Waals surface area contributed by atoms with E-state index < -0.39 is 0 Å². The van der Waals surface area contributed by atoms with E-state index in [0.717, 1.165) is 44.2 Å². The van der Waals surface area contributed by atoms with Gasteiger partial charge in [0, 0.05) is 10.8 Å². The van der Waals surface area contributed by atoms with Crippen LogP contribution in [-0.2, 0) is 6.42 Å². The van der Waals surface area contributed by atoms with Crippen LogP contribution in [0.5, 0.6) is 0 Å². The highest BCUT2D eigenvalue weighted by Gasteiger charge is 2.19. The number of fused-ring (bicyclic) bond motifs is 5. The first kappa shape index (κ1) is 29.2. The molecule has 0 aliphatic heterocycles. The van der Waals surface area contributed by atoms with Crippen LogP contribution in [0.25, 0.3) is 76.1 Å². The Balaban J connectivity index is 1.27. The molecule has 0 amide bonds. The zero-order chi connectivity index (χ0) is 33.6. The third kappa shape index (κ3) is 4.65. The molecule has 3 heteroatoms. The number of nitriles is 1. The minimum absolute atomic E-state index is 0.605. The van der Waals surface area contributed by atoms with E-state index in [1.54, 1.807) is 0 Å². The summed E-state index contributed by atoms with van der Waals surface area (Å²) >= 11 is 0. The van der Waals surface area contributed by atoms with Crippen molar-refractivity contribution in [2.75, 3.05) is 0 Å². The van der Waals surface area contributed by atoms with E-state index in [2.05, 4.69) is 143 Å². The van der Waals surface area contributed by atoms with Gasteiger partial charge >= 0.3 is 0 Å². The number of hydrogen-bond acceptors (Lipinski definition) is 1. The number of nitrogens with zero attached hydrogens (tertiary/aromatic N) is 3. The van der Waals surface area contributed by atoms with Gasteiger partial charge < -0.3 is 4.57 Å². The fraction of sp³-hybridized carbons (Fsp3) is 0.0213. The fourth-order valence-corrected chi connectivity index (χ4v) is 7.75. The monoisotopic (exact) mass is 635 g/mol. The Morgan fingerprint density at radius 3 is 1.70 bits per heavy atom. The standard InChI is InChI=1S/C47H29N3/c1-49-35-25-26-36(32-23-24-33(30-48)46(29-32)50-44-21-11-9-17-39(44)40-18-10-12-22-45(40)50)34(27-35)28-43-37-15-5-7-19-41(37)47(31-13-3-2-4-14-31)42-20-8-6-16-38(42)43/h2-27,29H,28H2. The molecular formula is C47H29N3. The molecule has 0 fully saturated rings. The summed E-state index contributed by atoms with van der Waals surface area (Å²) < 4.78 is 2.21. The second-order valence-electron chi connectivity index (χ2n) is 12.7. The van der Waals surface area contributed by atoms with Crippen LogP contribution in [0.4, 0.5) is 5.69 Å². The summed E-state index contributed by atoms with van der Waals surface area (Å²) in [7, 11) is 0. The second-order valence-corrected chi connectivity index (χ2v) is 12.7. The van der Waals surface area contributed by atoms with Crippen LogP contribution in [0.3, 0.4) is 0 Å². The molecule has 8 aromatic carbocycles. The van der Waals surface area contributed by atoms with E-state index in [1.807, 2.05) is 36.4 Å². The van der Waals surface area contributed by atoms with Gasteiger partial charge in [-0.1, -0.05) is 140 Å². The molecule has 9 aromatic rings. The molecule has 0 saturated carbocycles. The molecule has 1 heterocycles. The predicted octanol–water partition coefficient (Wildman–Crippen LogP) is 12.4. The van der Waals surface area contributed by atoms with Crippen LogP contribution >= 0.6 is 0 Å². The summed E-state index contributed by atoms with van der Waals surface area (Å²) in [5, 5.41) is 17.5. The number of rotatable bonds is 5. The van der Waals surface area contributed by atoms with Gasteiger partial charge in [0.15, 0.2) is 5.69 Å². The molecule has 0 bridgehead atoms. The molecule has 0 saturated heterocycles. The van der Waals surface area contributed by atoms with Gasteiger partial charge in [0.05, 0.1) is 28.9 Å². The molecule has 1 aromatic heterocycles. The summed E-state index contributed by atoms with van der Waals surface area (Å²) in [6, 6.07) is 59.3. The van der Waals surface area contributed by atoms with Crippen LogP contribution in [0.1, 0.15) is 16.7 Å². The molecule has 0 radical (unpaired) electrons. The molecule has 0 atom stereocenters. The maximum atomic E-state index is 10.3. The zero-order valence-corrected chi connectivity index (χ0v) is 27.1. The lowest BCUT2D eigenvalue weighted by Crippen LogP contribution is -2.00. The molecule has 0 spiro atoms. The van der Waals surface area contributed by atoms with Crippen molar-refractivity contribution < 1.29 is 0 Å². The van der Waals surface area contributed by atoms with E-state index in [9.17, 15) is 5.26 Å². The van der Waals surface area contributed by atoms with Crippen LogP contribution in [0.2, 0.25) is 0 Å². The lowest BCUT2D eigenvalue weighted by atomic mass is 9.85. The van der Waals surface area contributed by atoms with E-state index in [0.29, 0.717) is 17.7 Å². The highest BCUT2D eigenvalue weighted by atomic mass is 15.0. The molecule has 0 aliphatic carbocycles. The highest BCUT2D eigenvalue weighted by Crippen LogP contribution is 2.42. The molecule has 0 N–H and O–H groups in total. The van der Waals surface area contributed by atoms with E-state index in [1.165, 1.54) is 38.2 Å². The molecule has 232 valence electrons. The minimum atomic E-state index is 0.605. The summed E-state index contributed by atoms with van der Waals surface area (Å²) in [5.41, 5.74) is 10.9. The van der Waals surface area contributed by atoms with Crippen molar-refractivity contribution >= 4 is 49.0 Å². The first-order valence-electron chi connectivity index (χ1n) is 16.7. The van der Waals surface area contributed by atoms with Crippen molar-refractivity contribution in [2.24, 2.45) is 0 Å². The largest absolute Gasteiger partial charge is 0.308 e. The number of aromatic nitrogens is 1. The lowest BCUT2D eigenvalue weighted by molar-refractivity contribution is 1.17. The van der Waals surface area contributed by atoms with Gasteiger partial charge in [-0.2, -0.15) is 5.26 Å². The Morgan fingerprint density at radius 1 is 0.540 bits per heavy atom. The third-order valence-electron chi connectivity index (χ3n) is 9.94. The third-order valence-corrected chi connectivity index (χ3v) is 9.94. The average Bonchev–Trinajstić information content (AvgIpc) is 3.52. The Morgan fingerprint density at radius 2 is 1.10 bits per heavy atom. The smallest absolute Gasteiger partial charge is 0.187 e. The summed E-state index contributed by atoms with van der Waals surface area (Å²) in [4.78, 5) is 3.84. The predicted molar refractivity (Wildman–Crippen MR) is 207 cm³/mol. The van der Waals surface area contributed by atoms with E-state index >= 15 is 0 Å². The first-order chi connectivity index (χ1) is 24.7. The van der Waals surface area contributed by atoms with Crippen LogP contribution in [-0.4, -0.2) is 4.57 Å². The van der Waals surface area contributed by atoms with Gasteiger partial charge in [-0.25, -0.2) is 4.85 Å². The normalized spacial score (nSPS) is 11.2. The first-order valence-corrected chi connectivity index (χ1v) is 16.7. The van der Waals surface area contributed by atoms with Crippen LogP contribution in [0.15, 0.2) is 164 Å². The second kappa shape index (κ2) is 11.9. The number of para-hydroxylation sites is 2. The molecule has 9 rings (SSSR count). The molecule has 3 nitrogen and oxygen atoms in total. The Kier molecular flexibility index (Phi) is 6.98. The van der Waals surface area contributed by atoms with E-state index in [-0.39, 0.29) is 0 Å². The Labute approximate surface area is 290 Å². The molecular weight excluding hydrogens is 607 g/mol. The van der Waals surface area contributed by atoms with Gasteiger partial charge in [-0.15, -0.1) is 0 Å². The molecule has 50 heavy (non-hydrogen) atoms. The quantitative estimate of drug-likeness (QED) is 0.137. The van der Waals surface area contributed by atoms with Gasteiger partial charge in [-0.3, -0.25) is 0 Å². The molecule has 0 unspecified atom stereocenters. The Bertz CT molecular complexity index is 2750. The van der Waals surface area contributed by atoms with Crippen LogP contribution < -0.4 is 0 Å². The van der Waals surface area contributed by atoms with Gasteiger partial charge in [0.1, 0.15) is 6.07 Å².